The number of imidazole rings is 1. The molecule has 29 heavy (non-hydrogen) atoms. The van der Waals surface area contributed by atoms with E-state index in [0.29, 0.717) is 43.9 Å². The number of alkyl halides is 2. The molecule has 3 heterocycles. The normalized spacial score (nSPS) is 22.1. The van der Waals surface area contributed by atoms with E-state index < -0.39 is 12.0 Å². The van der Waals surface area contributed by atoms with Crippen molar-refractivity contribution in [3.63, 3.8) is 0 Å². The Morgan fingerprint density at radius 3 is 2.83 bits per heavy atom. The summed E-state index contributed by atoms with van der Waals surface area (Å²) in [6.45, 7) is 1.53. The minimum Gasteiger partial charge on any atom is -0.382 e. The van der Waals surface area contributed by atoms with Gasteiger partial charge in [0, 0.05) is 38.6 Å². The molecule has 8 nitrogen and oxygen atoms in total. The van der Waals surface area contributed by atoms with Crippen molar-refractivity contribution in [3.8, 4) is 0 Å². The van der Waals surface area contributed by atoms with Gasteiger partial charge in [-0.15, -0.1) is 0 Å². The summed E-state index contributed by atoms with van der Waals surface area (Å²) < 4.78 is 33.8. The number of aromatic nitrogens is 3. The number of methoxy groups -OCH3 is 1. The van der Waals surface area contributed by atoms with Crippen LogP contribution in [0.1, 0.15) is 49.0 Å². The average molecular weight is 408 g/mol. The molecule has 2 unspecified atom stereocenters. The Morgan fingerprint density at radius 1 is 1.41 bits per heavy atom. The molecule has 2 amide bonds. The SMILES string of the molecule is COCC(c1cnn2cc(C(N)C3CCC(F)(F)CC3)nc2c1)N1CCNC1=O. The smallest absolute Gasteiger partial charge is 0.318 e. The Kier molecular flexibility index (Phi) is 5.39. The van der Waals surface area contributed by atoms with Gasteiger partial charge in [0.2, 0.25) is 5.92 Å². The molecular weight excluding hydrogens is 382 g/mol. The van der Waals surface area contributed by atoms with Crippen molar-refractivity contribution in [2.75, 3.05) is 26.8 Å². The van der Waals surface area contributed by atoms with E-state index in [9.17, 15) is 13.6 Å². The van der Waals surface area contributed by atoms with Crippen molar-refractivity contribution < 1.29 is 18.3 Å². The lowest BCUT2D eigenvalue weighted by atomic mass is 9.81. The van der Waals surface area contributed by atoms with Crippen molar-refractivity contribution in [1.29, 1.82) is 0 Å². The maximum Gasteiger partial charge on any atom is 0.318 e. The van der Waals surface area contributed by atoms with Crippen LogP contribution in [0.15, 0.2) is 18.5 Å². The second kappa shape index (κ2) is 7.83. The first-order valence-electron chi connectivity index (χ1n) is 9.90. The number of nitrogens with two attached hydrogens (primary N) is 1. The molecule has 158 valence electrons. The summed E-state index contributed by atoms with van der Waals surface area (Å²) in [6, 6.07) is 1.06. The Hall–Kier alpha value is -2.33. The van der Waals surface area contributed by atoms with E-state index in [2.05, 4.69) is 15.4 Å². The van der Waals surface area contributed by atoms with E-state index in [1.54, 1.807) is 28.9 Å². The van der Waals surface area contributed by atoms with Gasteiger partial charge in [-0.3, -0.25) is 0 Å². The van der Waals surface area contributed by atoms with Crippen LogP contribution in [0.2, 0.25) is 0 Å². The van der Waals surface area contributed by atoms with E-state index in [1.165, 1.54) is 0 Å². The van der Waals surface area contributed by atoms with Crippen LogP contribution in [-0.4, -0.2) is 58.3 Å². The molecule has 4 rings (SSSR count). The largest absolute Gasteiger partial charge is 0.382 e. The molecule has 2 aromatic rings. The molecule has 10 heteroatoms. The number of carbonyl (C=O) groups excluding carboxylic acids is 1. The average Bonchev–Trinajstić information content (AvgIpc) is 3.31. The highest BCUT2D eigenvalue weighted by Gasteiger charge is 2.37. The van der Waals surface area contributed by atoms with Crippen LogP contribution in [0.4, 0.5) is 13.6 Å². The molecule has 1 saturated carbocycles. The number of ether oxygens (including phenoxy) is 1. The summed E-state index contributed by atoms with van der Waals surface area (Å²) in [7, 11) is 1.59. The third-order valence-electron chi connectivity index (χ3n) is 5.95. The van der Waals surface area contributed by atoms with E-state index >= 15 is 0 Å². The number of hydrogen-bond acceptors (Lipinski definition) is 5. The first kappa shape index (κ1) is 20.0. The first-order valence-corrected chi connectivity index (χ1v) is 9.90. The maximum absolute atomic E-state index is 13.4. The van der Waals surface area contributed by atoms with Crippen LogP contribution in [0.25, 0.3) is 5.65 Å². The number of fused-ring (bicyclic) bond motifs is 1. The van der Waals surface area contributed by atoms with Crippen LogP contribution in [0.3, 0.4) is 0 Å². The summed E-state index contributed by atoms with van der Waals surface area (Å²) in [5, 5.41) is 7.21. The summed E-state index contributed by atoms with van der Waals surface area (Å²) in [5.74, 6) is -2.60. The molecule has 2 fully saturated rings. The standard InChI is InChI=1S/C19H26F2N6O2/c1-29-11-15(26-7-6-23-18(26)28)13-8-16-25-14(10-27(16)24-9-13)17(22)12-2-4-19(20,21)5-3-12/h8-10,12,15,17H,2-7,11,22H2,1H3,(H,23,28). The number of nitrogens with one attached hydrogen (secondary N) is 1. The van der Waals surface area contributed by atoms with Gasteiger partial charge in [-0.1, -0.05) is 0 Å². The lowest BCUT2D eigenvalue weighted by molar-refractivity contribution is -0.0484. The predicted octanol–water partition coefficient (Wildman–Crippen LogP) is 2.27. The Morgan fingerprint density at radius 2 is 2.17 bits per heavy atom. The van der Waals surface area contributed by atoms with E-state index in [-0.39, 0.29) is 30.8 Å². The van der Waals surface area contributed by atoms with Crippen LogP contribution in [0.5, 0.6) is 0 Å². The van der Waals surface area contributed by atoms with Crippen LogP contribution < -0.4 is 11.1 Å². The van der Waals surface area contributed by atoms with Gasteiger partial charge in [0.25, 0.3) is 0 Å². The van der Waals surface area contributed by atoms with Crippen LogP contribution in [-0.2, 0) is 4.74 Å². The quantitative estimate of drug-likeness (QED) is 0.764. The molecule has 3 N–H and O–H groups in total. The molecular formula is C19H26F2N6O2. The van der Waals surface area contributed by atoms with Crippen molar-refractivity contribution in [2.24, 2.45) is 11.7 Å². The van der Waals surface area contributed by atoms with Gasteiger partial charge in [0.15, 0.2) is 5.65 Å². The minimum atomic E-state index is -2.58. The number of nitrogens with zero attached hydrogens (tertiary/aromatic N) is 4. The number of hydrogen-bond donors (Lipinski definition) is 2. The van der Waals surface area contributed by atoms with Crippen molar-refractivity contribution in [1.82, 2.24) is 24.8 Å². The molecule has 2 atom stereocenters. The maximum atomic E-state index is 13.4. The Balaban J connectivity index is 1.56. The third kappa shape index (κ3) is 4.04. The zero-order valence-corrected chi connectivity index (χ0v) is 16.4. The molecule has 0 aromatic carbocycles. The van der Waals surface area contributed by atoms with E-state index in [1.807, 2.05) is 6.07 Å². The van der Waals surface area contributed by atoms with Gasteiger partial charge in [0.1, 0.15) is 0 Å². The fourth-order valence-electron chi connectivity index (χ4n) is 4.22. The second-order valence-electron chi connectivity index (χ2n) is 7.87. The fraction of sp³-hybridized carbons (Fsp3) is 0.632. The van der Waals surface area contributed by atoms with Gasteiger partial charge in [-0.05, 0) is 24.8 Å². The highest BCUT2D eigenvalue weighted by Crippen LogP contribution is 2.40. The van der Waals surface area contributed by atoms with Crippen molar-refractivity contribution in [2.45, 2.75) is 43.7 Å². The molecule has 0 radical (unpaired) electrons. The zero-order chi connectivity index (χ0) is 20.6. The van der Waals surface area contributed by atoms with Gasteiger partial charge in [-0.2, -0.15) is 5.10 Å². The predicted molar refractivity (Wildman–Crippen MR) is 102 cm³/mol. The lowest BCUT2D eigenvalue weighted by Gasteiger charge is -2.31. The minimum absolute atomic E-state index is 0.0199. The van der Waals surface area contributed by atoms with Gasteiger partial charge in [0.05, 0.1) is 36.8 Å². The first-order chi connectivity index (χ1) is 13.9. The molecule has 2 aromatic heterocycles. The summed E-state index contributed by atoms with van der Waals surface area (Å²) >= 11 is 0. The molecule has 2 aliphatic rings. The monoisotopic (exact) mass is 408 g/mol. The number of urea groups is 1. The van der Waals surface area contributed by atoms with E-state index in [4.69, 9.17) is 10.5 Å². The highest BCUT2D eigenvalue weighted by molar-refractivity contribution is 5.76. The van der Waals surface area contributed by atoms with Gasteiger partial charge < -0.3 is 20.7 Å². The number of halogens is 2. The highest BCUT2D eigenvalue weighted by atomic mass is 19.3. The third-order valence-corrected chi connectivity index (χ3v) is 5.95. The van der Waals surface area contributed by atoms with Crippen LogP contribution in [0, 0.1) is 5.92 Å². The van der Waals surface area contributed by atoms with E-state index in [0.717, 1.165) is 5.56 Å². The van der Waals surface area contributed by atoms with Crippen LogP contribution >= 0.6 is 0 Å². The molecule has 1 aliphatic carbocycles. The Labute approximate surface area is 167 Å². The molecule has 0 bridgehead atoms. The zero-order valence-electron chi connectivity index (χ0n) is 16.4. The number of carbonyl (C=O) groups is 1. The summed E-state index contributed by atoms with van der Waals surface area (Å²) in [6.07, 6.45) is 3.97. The number of rotatable bonds is 6. The molecule has 0 spiro atoms. The van der Waals surface area contributed by atoms with Gasteiger partial charge >= 0.3 is 6.03 Å². The topological polar surface area (TPSA) is 97.8 Å². The van der Waals surface area contributed by atoms with Crippen molar-refractivity contribution >= 4 is 11.7 Å². The summed E-state index contributed by atoms with van der Waals surface area (Å²) in [5.41, 5.74) is 8.43. The number of amides is 2. The molecule has 1 aliphatic heterocycles. The van der Waals surface area contributed by atoms with Gasteiger partial charge in [-0.25, -0.2) is 23.1 Å². The lowest BCUT2D eigenvalue weighted by Crippen LogP contribution is -2.34. The summed E-state index contributed by atoms with van der Waals surface area (Å²) in [4.78, 5) is 18.4. The fourth-order valence-corrected chi connectivity index (χ4v) is 4.22. The Bertz CT molecular complexity index is 879. The van der Waals surface area contributed by atoms with Crippen molar-refractivity contribution in [3.05, 3.63) is 29.7 Å². The second-order valence-corrected chi connectivity index (χ2v) is 7.87. The molecule has 1 saturated heterocycles.